The van der Waals surface area contributed by atoms with Crippen LogP contribution in [0, 0.1) is 13.8 Å². The van der Waals surface area contributed by atoms with Crippen LogP contribution in [-0.2, 0) is 11.2 Å². The van der Waals surface area contributed by atoms with Gasteiger partial charge in [-0.3, -0.25) is 4.79 Å². The van der Waals surface area contributed by atoms with Crippen molar-refractivity contribution < 1.29 is 32.5 Å². The van der Waals surface area contributed by atoms with Gasteiger partial charge in [-0.05, 0) is 97.6 Å². The molecule has 3 rings (SSSR count). The summed E-state index contributed by atoms with van der Waals surface area (Å²) in [5, 5.41) is 8.92. The van der Waals surface area contributed by atoms with Gasteiger partial charge in [-0.1, -0.05) is 18.2 Å². The third-order valence-electron chi connectivity index (χ3n) is 5.88. The highest BCUT2D eigenvalue weighted by molar-refractivity contribution is 5.70. The van der Waals surface area contributed by atoms with Crippen LogP contribution in [-0.4, -0.2) is 24.0 Å². The van der Waals surface area contributed by atoms with Crippen LogP contribution in [0.4, 0.5) is 13.2 Å². The number of carboxylic acids is 1. The highest BCUT2D eigenvalue weighted by Crippen LogP contribution is 2.35. The zero-order valence-corrected chi connectivity index (χ0v) is 18.2. The molecule has 0 saturated heterocycles. The van der Waals surface area contributed by atoms with Gasteiger partial charge in [-0.15, -0.1) is 13.2 Å². The number of allylic oxidation sites excluding steroid dienone is 1. The zero-order chi connectivity index (χ0) is 23.3. The van der Waals surface area contributed by atoms with Gasteiger partial charge in [0.2, 0.25) is 0 Å². The minimum Gasteiger partial charge on any atom is -0.489 e. The fraction of sp³-hybridized carbons (Fsp3) is 0.400. The van der Waals surface area contributed by atoms with Gasteiger partial charge in [0.15, 0.2) is 0 Å². The number of halogens is 3. The van der Waals surface area contributed by atoms with E-state index in [9.17, 15) is 18.0 Å². The molecule has 1 aliphatic rings. The van der Waals surface area contributed by atoms with Crippen molar-refractivity contribution in [1.29, 1.82) is 0 Å². The van der Waals surface area contributed by atoms with Crippen LogP contribution < -0.4 is 9.47 Å². The van der Waals surface area contributed by atoms with E-state index in [-0.39, 0.29) is 12.2 Å². The molecule has 1 N–H and O–H groups in total. The summed E-state index contributed by atoms with van der Waals surface area (Å²) in [4.78, 5) is 10.9. The quantitative estimate of drug-likeness (QED) is 0.493. The fourth-order valence-corrected chi connectivity index (χ4v) is 4.02. The van der Waals surface area contributed by atoms with Crippen molar-refractivity contribution in [2.24, 2.45) is 0 Å². The largest absolute Gasteiger partial charge is 0.573 e. The first kappa shape index (κ1) is 23.7. The maximum absolute atomic E-state index is 12.4. The first-order valence-corrected chi connectivity index (χ1v) is 10.6. The summed E-state index contributed by atoms with van der Waals surface area (Å²) in [6.07, 6.45) is -0.340. The molecule has 0 fully saturated rings. The normalized spacial score (nSPS) is 14.4. The van der Waals surface area contributed by atoms with E-state index in [0.29, 0.717) is 13.0 Å². The van der Waals surface area contributed by atoms with E-state index < -0.39 is 12.3 Å². The Morgan fingerprint density at radius 3 is 2.34 bits per heavy atom. The minimum absolute atomic E-state index is 0.0868. The van der Waals surface area contributed by atoms with Gasteiger partial charge >= 0.3 is 12.3 Å². The van der Waals surface area contributed by atoms with Crippen molar-refractivity contribution in [3.8, 4) is 11.5 Å². The SMILES string of the molecule is Cc1c(CCC(=O)O)ccc(OCC2=C(c3ccc(OC(F)(F)F)cc3)CCCC2)c1C. The Labute approximate surface area is 185 Å². The Bertz CT molecular complexity index is 991. The molecule has 0 amide bonds. The Kier molecular flexibility index (Phi) is 7.48. The summed E-state index contributed by atoms with van der Waals surface area (Å²) >= 11 is 0. The monoisotopic (exact) mass is 448 g/mol. The van der Waals surface area contributed by atoms with Crippen molar-refractivity contribution in [3.63, 3.8) is 0 Å². The molecule has 2 aromatic carbocycles. The number of carboxylic acid groups (broad SMARTS) is 1. The highest BCUT2D eigenvalue weighted by atomic mass is 19.4. The molecular formula is C25H27F3O4. The second-order valence-corrected chi connectivity index (χ2v) is 8.02. The molecule has 0 radical (unpaired) electrons. The topological polar surface area (TPSA) is 55.8 Å². The predicted octanol–water partition coefficient (Wildman–Crippen LogP) is 6.63. The van der Waals surface area contributed by atoms with Crippen LogP contribution in [0.5, 0.6) is 11.5 Å². The summed E-state index contributed by atoms with van der Waals surface area (Å²) in [6.45, 7) is 4.34. The summed E-state index contributed by atoms with van der Waals surface area (Å²) in [5.41, 5.74) is 6.15. The van der Waals surface area contributed by atoms with E-state index in [1.807, 2.05) is 26.0 Å². The van der Waals surface area contributed by atoms with Gasteiger partial charge in [0, 0.05) is 6.42 Å². The molecule has 0 aliphatic heterocycles. The Morgan fingerprint density at radius 1 is 1.00 bits per heavy atom. The first-order valence-electron chi connectivity index (χ1n) is 10.6. The molecule has 0 unspecified atom stereocenters. The molecule has 172 valence electrons. The van der Waals surface area contributed by atoms with Crippen LogP contribution in [0.1, 0.15) is 54.4 Å². The molecule has 2 aromatic rings. The molecule has 0 atom stereocenters. The number of rotatable bonds is 8. The number of ether oxygens (including phenoxy) is 2. The standard InChI is InChI=1S/C25H27F3O4/c1-16-17(2)23(13-9-18(16)10-14-24(29)30)31-15-20-5-3-4-6-22(20)19-7-11-21(12-8-19)32-25(26,27)28/h7-9,11-13H,3-6,10,14-15H2,1-2H3,(H,29,30). The van der Waals surface area contributed by atoms with Crippen molar-refractivity contribution in [3.05, 3.63) is 64.2 Å². The van der Waals surface area contributed by atoms with Crippen LogP contribution in [0.2, 0.25) is 0 Å². The molecule has 0 heterocycles. The van der Waals surface area contributed by atoms with Crippen molar-refractivity contribution in [1.82, 2.24) is 0 Å². The van der Waals surface area contributed by atoms with Crippen molar-refractivity contribution in [2.45, 2.75) is 58.7 Å². The van der Waals surface area contributed by atoms with E-state index in [1.165, 1.54) is 12.1 Å². The summed E-state index contributed by atoms with van der Waals surface area (Å²) in [7, 11) is 0. The molecule has 0 spiro atoms. The number of carbonyl (C=O) groups is 1. The average molecular weight is 448 g/mol. The average Bonchev–Trinajstić information content (AvgIpc) is 2.74. The number of benzene rings is 2. The number of hydrogen-bond acceptors (Lipinski definition) is 3. The molecule has 32 heavy (non-hydrogen) atoms. The lowest BCUT2D eigenvalue weighted by atomic mass is 9.87. The number of aryl methyl sites for hydroxylation is 1. The molecule has 0 aromatic heterocycles. The van der Waals surface area contributed by atoms with E-state index in [0.717, 1.165) is 64.8 Å². The molecule has 4 nitrogen and oxygen atoms in total. The summed E-state index contributed by atoms with van der Waals surface area (Å²) < 4.78 is 47.3. The number of alkyl halides is 3. The maximum atomic E-state index is 12.4. The van der Waals surface area contributed by atoms with Crippen LogP contribution in [0.15, 0.2) is 42.0 Å². The van der Waals surface area contributed by atoms with Gasteiger partial charge in [-0.25, -0.2) is 0 Å². The molecule has 0 bridgehead atoms. The smallest absolute Gasteiger partial charge is 0.489 e. The lowest BCUT2D eigenvalue weighted by molar-refractivity contribution is -0.274. The number of hydrogen-bond donors (Lipinski definition) is 1. The Hall–Kier alpha value is -2.96. The van der Waals surface area contributed by atoms with Gasteiger partial charge in [0.05, 0.1) is 0 Å². The van der Waals surface area contributed by atoms with Crippen LogP contribution in [0.25, 0.3) is 5.57 Å². The Balaban J connectivity index is 1.75. The van der Waals surface area contributed by atoms with Crippen molar-refractivity contribution in [2.75, 3.05) is 6.61 Å². The van der Waals surface area contributed by atoms with Crippen molar-refractivity contribution >= 4 is 11.5 Å². The number of aliphatic carboxylic acids is 1. The van der Waals surface area contributed by atoms with E-state index in [2.05, 4.69) is 4.74 Å². The molecule has 1 aliphatic carbocycles. The van der Waals surface area contributed by atoms with E-state index >= 15 is 0 Å². The fourth-order valence-electron chi connectivity index (χ4n) is 4.02. The third kappa shape index (κ3) is 6.28. The van der Waals surface area contributed by atoms with Gasteiger partial charge in [0.25, 0.3) is 0 Å². The molecule has 7 heteroatoms. The third-order valence-corrected chi connectivity index (χ3v) is 5.88. The van der Waals surface area contributed by atoms with E-state index in [4.69, 9.17) is 9.84 Å². The summed E-state index contributed by atoms with van der Waals surface area (Å²) in [6, 6.07) is 9.79. The van der Waals surface area contributed by atoms with Crippen LogP contribution >= 0.6 is 0 Å². The second kappa shape index (κ2) is 10.1. The van der Waals surface area contributed by atoms with Gasteiger partial charge < -0.3 is 14.6 Å². The van der Waals surface area contributed by atoms with Crippen LogP contribution in [0.3, 0.4) is 0 Å². The predicted molar refractivity (Wildman–Crippen MR) is 116 cm³/mol. The first-order chi connectivity index (χ1) is 15.1. The zero-order valence-electron chi connectivity index (χ0n) is 18.2. The summed E-state index contributed by atoms with van der Waals surface area (Å²) in [5.74, 6) is -0.297. The molecule has 0 saturated carbocycles. The lowest BCUT2D eigenvalue weighted by Crippen LogP contribution is -2.17. The second-order valence-electron chi connectivity index (χ2n) is 8.02. The van der Waals surface area contributed by atoms with Gasteiger partial charge in [0.1, 0.15) is 18.1 Å². The lowest BCUT2D eigenvalue weighted by Gasteiger charge is -2.22. The van der Waals surface area contributed by atoms with E-state index in [1.54, 1.807) is 12.1 Å². The Morgan fingerprint density at radius 2 is 1.69 bits per heavy atom. The minimum atomic E-state index is -4.70. The highest BCUT2D eigenvalue weighted by Gasteiger charge is 2.31. The van der Waals surface area contributed by atoms with Gasteiger partial charge in [-0.2, -0.15) is 0 Å². The maximum Gasteiger partial charge on any atom is 0.573 e. The molecular weight excluding hydrogens is 421 g/mol.